The van der Waals surface area contributed by atoms with Crippen LogP contribution >= 0.6 is 0 Å². The fraction of sp³-hybridized carbons (Fsp3) is 0.167. The highest BCUT2D eigenvalue weighted by Crippen LogP contribution is 2.46. The van der Waals surface area contributed by atoms with E-state index in [-0.39, 0.29) is 5.57 Å². The molecule has 2 heterocycles. The minimum absolute atomic E-state index is 0.0369. The molecule has 0 radical (unpaired) electrons. The Kier molecular flexibility index (Phi) is 4.81. The summed E-state index contributed by atoms with van der Waals surface area (Å²) in [6.07, 6.45) is 1.51. The van der Waals surface area contributed by atoms with Gasteiger partial charge >= 0.3 is 11.9 Å². The molecule has 0 aliphatic carbocycles. The number of ether oxygens (including phenoxy) is 2. The van der Waals surface area contributed by atoms with Crippen molar-refractivity contribution in [3.63, 3.8) is 0 Å². The summed E-state index contributed by atoms with van der Waals surface area (Å²) in [6.45, 7) is 3.19. The number of esters is 2. The number of hydrogen-bond donors (Lipinski definition) is 0. The third kappa shape index (κ3) is 2.97. The van der Waals surface area contributed by atoms with E-state index in [1.54, 1.807) is 68.4 Å². The number of hydrogen-bond acceptors (Lipinski definition) is 6. The summed E-state index contributed by atoms with van der Waals surface area (Å²) < 4.78 is 10.3. The van der Waals surface area contributed by atoms with Crippen LogP contribution in [-0.4, -0.2) is 36.5 Å². The molecule has 1 spiro atoms. The van der Waals surface area contributed by atoms with E-state index in [4.69, 9.17) is 9.47 Å². The summed E-state index contributed by atoms with van der Waals surface area (Å²) in [4.78, 5) is 52.0. The molecular weight excluding hydrogens is 398 g/mol. The second-order valence-corrected chi connectivity index (χ2v) is 7.27. The van der Waals surface area contributed by atoms with Crippen molar-refractivity contribution in [1.29, 1.82) is 0 Å². The predicted octanol–water partition coefficient (Wildman–Crippen LogP) is 3.06. The van der Waals surface area contributed by atoms with Crippen molar-refractivity contribution in [3.05, 3.63) is 82.4 Å². The molecule has 2 amide bonds. The number of methoxy groups -OCH3 is 1. The molecule has 1 saturated heterocycles. The van der Waals surface area contributed by atoms with Gasteiger partial charge in [-0.05, 0) is 55.3 Å². The number of imide groups is 1. The van der Waals surface area contributed by atoms with E-state index in [9.17, 15) is 19.2 Å². The first-order valence-electron chi connectivity index (χ1n) is 9.57. The first kappa shape index (κ1) is 20.3. The molecule has 2 aromatic carbocycles. The summed E-state index contributed by atoms with van der Waals surface area (Å²) >= 11 is 0. The molecule has 7 nitrogen and oxygen atoms in total. The molecule has 1 unspecified atom stereocenters. The van der Waals surface area contributed by atoms with Gasteiger partial charge in [0.2, 0.25) is 5.60 Å². The fourth-order valence-electron chi connectivity index (χ4n) is 3.78. The minimum atomic E-state index is -1.81. The average Bonchev–Trinajstić information content (AvgIpc) is 3.14. The molecule has 2 aliphatic rings. The van der Waals surface area contributed by atoms with Crippen molar-refractivity contribution >= 4 is 35.5 Å². The highest BCUT2D eigenvalue weighted by molar-refractivity contribution is 6.36. The maximum absolute atomic E-state index is 13.5. The molecule has 0 bridgehead atoms. The topological polar surface area (TPSA) is 90.0 Å². The van der Waals surface area contributed by atoms with E-state index >= 15 is 0 Å². The number of anilines is 1. The number of carbonyl (C=O) groups is 4. The molecule has 1 fully saturated rings. The Balaban J connectivity index is 1.87. The van der Waals surface area contributed by atoms with Crippen molar-refractivity contribution in [2.75, 3.05) is 12.0 Å². The lowest BCUT2D eigenvalue weighted by Gasteiger charge is -2.23. The highest BCUT2D eigenvalue weighted by atomic mass is 16.6. The van der Waals surface area contributed by atoms with Gasteiger partial charge in [0.25, 0.3) is 11.8 Å². The molecule has 0 N–H and O–H groups in total. The first-order valence-corrected chi connectivity index (χ1v) is 9.57. The van der Waals surface area contributed by atoms with Crippen LogP contribution in [0.5, 0.6) is 0 Å². The lowest BCUT2D eigenvalue weighted by atomic mass is 9.86. The Labute approximate surface area is 178 Å². The summed E-state index contributed by atoms with van der Waals surface area (Å²) in [6, 6.07) is 14.8. The SMILES string of the molecule is COC(=O)c1ccc(/C=C2/C(=O)N(c3ccccc3)C(=O)C23OC(=O)C(C)=C3C)cc1. The van der Waals surface area contributed by atoms with Crippen LogP contribution in [-0.2, 0) is 23.9 Å². The number of amides is 2. The zero-order valence-electron chi connectivity index (χ0n) is 17.2. The lowest BCUT2D eigenvalue weighted by Crippen LogP contribution is -2.42. The third-order valence-electron chi connectivity index (χ3n) is 5.62. The number of benzene rings is 2. The van der Waals surface area contributed by atoms with Crippen molar-refractivity contribution in [2.24, 2.45) is 0 Å². The molecule has 0 saturated carbocycles. The minimum Gasteiger partial charge on any atom is -0.465 e. The molecular formula is C24H19NO6. The van der Waals surface area contributed by atoms with Gasteiger partial charge < -0.3 is 9.47 Å². The summed E-state index contributed by atoms with van der Waals surface area (Å²) in [5.41, 5.74) is 0.193. The van der Waals surface area contributed by atoms with Gasteiger partial charge in [-0.1, -0.05) is 30.3 Å². The Hall–Kier alpha value is -4.00. The number of para-hydroxylation sites is 1. The van der Waals surface area contributed by atoms with E-state index in [0.717, 1.165) is 4.90 Å². The van der Waals surface area contributed by atoms with Gasteiger partial charge in [-0.25, -0.2) is 14.5 Å². The van der Waals surface area contributed by atoms with Crippen LogP contribution in [0, 0.1) is 0 Å². The normalized spacial score (nSPS) is 22.0. The smallest absolute Gasteiger partial charge is 0.337 e. The maximum Gasteiger partial charge on any atom is 0.337 e. The van der Waals surface area contributed by atoms with Crippen LogP contribution in [0.25, 0.3) is 6.08 Å². The highest BCUT2D eigenvalue weighted by Gasteiger charge is 2.63. The maximum atomic E-state index is 13.5. The zero-order valence-corrected chi connectivity index (χ0v) is 17.2. The summed E-state index contributed by atoms with van der Waals surface area (Å²) in [5, 5.41) is 0. The van der Waals surface area contributed by atoms with Crippen LogP contribution in [0.15, 0.2) is 71.3 Å². The van der Waals surface area contributed by atoms with Crippen LogP contribution < -0.4 is 4.90 Å². The van der Waals surface area contributed by atoms with E-state index < -0.39 is 29.4 Å². The van der Waals surface area contributed by atoms with Gasteiger partial charge in [-0.15, -0.1) is 0 Å². The zero-order chi connectivity index (χ0) is 22.3. The van der Waals surface area contributed by atoms with E-state index in [0.29, 0.717) is 28.0 Å². The van der Waals surface area contributed by atoms with Crippen LogP contribution in [0.3, 0.4) is 0 Å². The lowest BCUT2D eigenvalue weighted by molar-refractivity contribution is -0.150. The Morgan fingerprint density at radius 2 is 1.65 bits per heavy atom. The fourth-order valence-corrected chi connectivity index (χ4v) is 3.78. The van der Waals surface area contributed by atoms with E-state index in [2.05, 4.69) is 0 Å². The van der Waals surface area contributed by atoms with Gasteiger partial charge in [0, 0.05) is 5.57 Å². The molecule has 1 atom stereocenters. The Morgan fingerprint density at radius 1 is 1.00 bits per heavy atom. The van der Waals surface area contributed by atoms with E-state index in [1.165, 1.54) is 13.2 Å². The number of carbonyl (C=O) groups excluding carboxylic acids is 4. The quantitative estimate of drug-likeness (QED) is 0.433. The second kappa shape index (κ2) is 7.36. The number of nitrogens with zero attached hydrogens (tertiary/aromatic N) is 1. The molecule has 156 valence electrons. The third-order valence-corrected chi connectivity index (χ3v) is 5.62. The van der Waals surface area contributed by atoms with Crippen LogP contribution in [0.4, 0.5) is 5.69 Å². The molecule has 31 heavy (non-hydrogen) atoms. The number of rotatable bonds is 3. The molecule has 2 aromatic rings. The summed E-state index contributed by atoms with van der Waals surface area (Å²) in [5.74, 6) is -2.34. The van der Waals surface area contributed by atoms with E-state index in [1.807, 2.05) is 0 Å². The van der Waals surface area contributed by atoms with Gasteiger partial charge in [0.05, 0.1) is 23.9 Å². The van der Waals surface area contributed by atoms with Crippen molar-refractivity contribution in [2.45, 2.75) is 19.4 Å². The average molecular weight is 417 g/mol. The van der Waals surface area contributed by atoms with Gasteiger partial charge in [0.15, 0.2) is 0 Å². The predicted molar refractivity (Wildman–Crippen MR) is 112 cm³/mol. The Morgan fingerprint density at radius 3 is 2.19 bits per heavy atom. The molecule has 7 heteroatoms. The van der Waals surface area contributed by atoms with Gasteiger partial charge in [0.1, 0.15) is 0 Å². The van der Waals surface area contributed by atoms with Crippen molar-refractivity contribution in [3.8, 4) is 0 Å². The monoisotopic (exact) mass is 417 g/mol. The molecule has 4 rings (SSSR count). The van der Waals surface area contributed by atoms with Crippen molar-refractivity contribution < 1.29 is 28.7 Å². The van der Waals surface area contributed by atoms with Crippen molar-refractivity contribution in [1.82, 2.24) is 0 Å². The standard InChI is InChI=1S/C24H19NO6/c1-14-15(2)24(31-21(14)27)19(13-16-9-11-17(12-10-16)22(28)30-3)20(26)25(23(24)29)18-7-5-4-6-8-18/h4-13H,1-3H3/b19-13-. The largest absolute Gasteiger partial charge is 0.465 e. The summed E-state index contributed by atoms with van der Waals surface area (Å²) in [7, 11) is 1.29. The first-order chi connectivity index (χ1) is 14.8. The molecule has 0 aromatic heterocycles. The van der Waals surface area contributed by atoms with Crippen LogP contribution in [0.2, 0.25) is 0 Å². The second-order valence-electron chi connectivity index (χ2n) is 7.27. The Bertz CT molecular complexity index is 1180. The molecule has 2 aliphatic heterocycles. The van der Waals surface area contributed by atoms with Gasteiger partial charge in [-0.2, -0.15) is 0 Å². The van der Waals surface area contributed by atoms with Crippen LogP contribution in [0.1, 0.15) is 29.8 Å². The van der Waals surface area contributed by atoms with Gasteiger partial charge in [-0.3, -0.25) is 9.59 Å².